The molecule has 3 N–H and O–H groups in total. The number of amides is 1. The van der Waals surface area contributed by atoms with Crippen LogP contribution in [0.4, 0.5) is 39.2 Å². The van der Waals surface area contributed by atoms with Crippen molar-refractivity contribution in [1.29, 1.82) is 0 Å². The number of fused-ring (bicyclic) bond motifs is 1. The van der Waals surface area contributed by atoms with Gasteiger partial charge in [-0.15, -0.1) is 0 Å². The normalized spacial score (nSPS) is 15.8. The number of hydrogen-bond donors (Lipinski definition) is 3. The summed E-state index contributed by atoms with van der Waals surface area (Å²) >= 11 is 0. The fourth-order valence-electron chi connectivity index (χ4n) is 3.64. The Hall–Kier alpha value is -4.61. The summed E-state index contributed by atoms with van der Waals surface area (Å²) in [5, 5.41) is 8.58. The van der Waals surface area contributed by atoms with E-state index in [0.717, 1.165) is 11.9 Å². The number of pyridine rings is 1. The van der Waals surface area contributed by atoms with Crippen LogP contribution < -0.4 is 30.3 Å². The molecular formula is C24H24FN7O4. The summed E-state index contributed by atoms with van der Waals surface area (Å²) in [5.74, 6) is 0.629. The molecule has 0 radical (unpaired) electrons. The van der Waals surface area contributed by atoms with Crippen molar-refractivity contribution < 1.29 is 23.4 Å². The van der Waals surface area contributed by atoms with E-state index in [1.807, 2.05) is 23.2 Å². The topological polar surface area (TPSA) is 123 Å². The molecular weight excluding hydrogens is 469 g/mol. The SMILES string of the molecule is COc1cc(Nc2ncc(F)c(Nc3ccc4c(n3)NC(=O)C(C)(C)O4)n2)ccc1N1C=COCC1. The van der Waals surface area contributed by atoms with Gasteiger partial charge in [0.15, 0.2) is 28.8 Å². The van der Waals surface area contributed by atoms with Crippen molar-refractivity contribution in [2.45, 2.75) is 19.4 Å². The quantitative estimate of drug-likeness (QED) is 0.466. The number of ether oxygens (including phenoxy) is 3. The second-order valence-corrected chi connectivity index (χ2v) is 8.49. The Morgan fingerprint density at radius 2 is 2.06 bits per heavy atom. The first-order valence-electron chi connectivity index (χ1n) is 11.1. The number of anilines is 6. The third-order valence-corrected chi connectivity index (χ3v) is 5.53. The van der Waals surface area contributed by atoms with Gasteiger partial charge in [0.25, 0.3) is 5.91 Å². The number of nitrogens with one attached hydrogen (secondary N) is 3. The fraction of sp³-hybridized carbons (Fsp3) is 0.250. The Kier molecular flexibility index (Phi) is 5.92. The van der Waals surface area contributed by atoms with E-state index < -0.39 is 11.4 Å². The van der Waals surface area contributed by atoms with Crippen LogP contribution >= 0.6 is 0 Å². The molecule has 0 aliphatic carbocycles. The average Bonchev–Trinajstić information content (AvgIpc) is 2.87. The summed E-state index contributed by atoms with van der Waals surface area (Å²) in [7, 11) is 1.59. The Morgan fingerprint density at radius 3 is 2.83 bits per heavy atom. The standard InChI is InChI=1S/C24H24FN7O4/c1-24(2)22(33)30-21-17(36-24)6-7-19(29-21)28-20-15(25)13-26-23(31-20)27-14-4-5-16(18(12-14)34-3)32-8-10-35-11-9-32/h4-8,10,12-13H,9,11H2,1-3H3,(H3,26,27,28,29,30,31,33). The molecule has 186 valence electrons. The largest absolute Gasteiger partial charge is 0.498 e. The highest BCUT2D eigenvalue weighted by Crippen LogP contribution is 2.35. The maximum atomic E-state index is 14.5. The van der Waals surface area contributed by atoms with E-state index in [2.05, 4.69) is 30.9 Å². The van der Waals surface area contributed by atoms with Crippen molar-refractivity contribution in [3.05, 3.63) is 54.8 Å². The number of halogens is 1. The van der Waals surface area contributed by atoms with Gasteiger partial charge in [-0.1, -0.05) is 0 Å². The molecule has 0 unspecified atom stereocenters. The van der Waals surface area contributed by atoms with Gasteiger partial charge < -0.3 is 35.1 Å². The Bertz CT molecular complexity index is 1350. The zero-order chi connectivity index (χ0) is 25.3. The van der Waals surface area contributed by atoms with Crippen molar-refractivity contribution in [2.24, 2.45) is 0 Å². The number of carbonyl (C=O) groups excluding carboxylic acids is 1. The predicted molar refractivity (Wildman–Crippen MR) is 132 cm³/mol. The molecule has 0 spiro atoms. The third kappa shape index (κ3) is 4.65. The summed E-state index contributed by atoms with van der Waals surface area (Å²) < 4.78 is 31.0. The maximum absolute atomic E-state index is 14.5. The van der Waals surface area contributed by atoms with Crippen molar-refractivity contribution in [3.63, 3.8) is 0 Å². The summed E-state index contributed by atoms with van der Waals surface area (Å²) in [5.41, 5.74) is 0.519. The third-order valence-electron chi connectivity index (χ3n) is 5.53. The number of aromatic nitrogens is 3. The number of benzene rings is 1. The van der Waals surface area contributed by atoms with Gasteiger partial charge in [0.05, 0.1) is 31.8 Å². The summed E-state index contributed by atoms with van der Waals surface area (Å²) in [4.78, 5) is 26.8. The molecule has 2 aliphatic rings. The lowest BCUT2D eigenvalue weighted by Crippen LogP contribution is -2.46. The summed E-state index contributed by atoms with van der Waals surface area (Å²) in [6.45, 7) is 4.59. The van der Waals surface area contributed by atoms with Crippen LogP contribution in [0.5, 0.6) is 11.5 Å². The van der Waals surface area contributed by atoms with Gasteiger partial charge in [-0.2, -0.15) is 4.98 Å². The van der Waals surface area contributed by atoms with Crippen molar-refractivity contribution >= 4 is 40.7 Å². The van der Waals surface area contributed by atoms with E-state index in [4.69, 9.17) is 14.2 Å². The van der Waals surface area contributed by atoms with Gasteiger partial charge in [0.2, 0.25) is 5.95 Å². The van der Waals surface area contributed by atoms with E-state index in [0.29, 0.717) is 30.3 Å². The Labute approximate surface area is 206 Å². The highest BCUT2D eigenvalue weighted by Gasteiger charge is 2.36. The molecule has 5 rings (SSSR count). The Morgan fingerprint density at radius 1 is 1.19 bits per heavy atom. The van der Waals surface area contributed by atoms with Gasteiger partial charge in [0.1, 0.15) is 18.2 Å². The minimum absolute atomic E-state index is 0.0922. The smallest absolute Gasteiger partial charge is 0.269 e. The fourth-order valence-corrected chi connectivity index (χ4v) is 3.64. The molecule has 0 bridgehead atoms. The molecule has 2 aromatic heterocycles. The van der Waals surface area contributed by atoms with Crippen molar-refractivity contribution in [3.8, 4) is 11.5 Å². The number of methoxy groups -OCH3 is 1. The lowest BCUT2D eigenvalue weighted by molar-refractivity contribution is -0.129. The summed E-state index contributed by atoms with van der Waals surface area (Å²) in [6, 6.07) is 8.78. The van der Waals surface area contributed by atoms with Crippen LogP contribution in [0.3, 0.4) is 0 Å². The lowest BCUT2D eigenvalue weighted by atomic mass is 10.1. The van der Waals surface area contributed by atoms with Crippen LogP contribution in [0.2, 0.25) is 0 Å². The number of hydrogen-bond acceptors (Lipinski definition) is 10. The molecule has 4 heterocycles. The highest BCUT2D eigenvalue weighted by atomic mass is 19.1. The molecule has 12 heteroatoms. The Balaban J connectivity index is 1.34. The molecule has 0 fully saturated rings. The predicted octanol–water partition coefficient (Wildman–Crippen LogP) is 3.92. The molecule has 0 saturated carbocycles. The van der Waals surface area contributed by atoms with Gasteiger partial charge in [-0.25, -0.2) is 14.4 Å². The molecule has 1 amide bonds. The first-order chi connectivity index (χ1) is 17.3. The van der Waals surface area contributed by atoms with Crippen LogP contribution in [0.15, 0.2) is 49.0 Å². The van der Waals surface area contributed by atoms with E-state index in [9.17, 15) is 9.18 Å². The van der Waals surface area contributed by atoms with Gasteiger partial charge >= 0.3 is 0 Å². The minimum atomic E-state index is -1.01. The average molecular weight is 493 g/mol. The maximum Gasteiger partial charge on any atom is 0.269 e. The highest BCUT2D eigenvalue weighted by molar-refractivity contribution is 5.99. The van der Waals surface area contributed by atoms with Crippen LogP contribution in [0, 0.1) is 5.82 Å². The molecule has 11 nitrogen and oxygen atoms in total. The van der Waals surface area contributed by atoms with Crippen LogP contribution in [0.25, 0.3) is 0 Å². The molecule has 36 heavy (non-hydrogen) atoms. The lowest BCUT2D eigenvalue weighted by Gasteiger charge is -2.30. The summed E-state index contributed by atoms with van der Waals surface area (Å²) in [6.07, 6.45) is 4.52. The molecule has 0 atom stereocenters. The number of nitrogens with zero attached hydrogens (tertiary/aromatic N) is 4. The molecule has 3 aromatic rings. The zero-order valence-electron chi connectivity index (χ0n) is 19.8. The van der Waals surface area contributed by atoms with E-state index >= 15 is 0 Å². The monoisotopic (exact) mass is 493 g/mol. The van der Waals surface area contributed by atoms with Crippen molar-refractivity contribution in [2.75, 3.05) is 41.1 Å². The first kappa shape index (κ1) is 23.1. The molecule has 2 aliphatic heterocycles. The van der Waals surface area contributed by atoms with Crippen LogP contribution in [0.1, 0.15) is 13.8 Å². The van der Waals surface area contributed by atoms with Gasteiger partial charge in [-0.3, -0.25) is 4.79 Å². The molecule has 1 aromatic carbocycles. The number of rotatable bonds is 6. The van der Waals surface area contributed by atoms with E-state index in [1.165, 1.54) is 0 Å². The van der Waals surface area contributed by atoms with Gasteiger partial charge in [0, 0.05) is 18.0 Å². The van der Waals surface area contributed by atoms with E-state index in [-0.39, 0.29) is 29.3 Å². The van der Waals surface area contributed by atoms with Crippen LogP contribution in [-0.4, -0.2) is 46.7 Å². The van der Waals surface area contributed by atoms with Gasteiger partial charge in [-0.05, 0) is 38.1 Å². The van der Waals surface area contributed by atoms with E-state index in [1.54, 1.807) is 45.4 Å². The first-order valence-corrected chi connectivity index (χ1v) is 11.1. The van der Waals surface area contributed by atoms with Crippen LogP contribution in [-0.2, 0) is 9.53 Å². The molecule has 0 saturated heterocycles. The number of carbonyl (C=O) groups is 1. The zero-order valence-corrected chi connectivity index (χ0v) is 19.8. The second kappa shape index (κ2) is 9.21. The van der Waals surface area contributed by atoms with Crippen molar-refractivity contribution in [1.82, 2.24) is 15.0 Å². The second-order valence-electron chi connectivity index (χ2n) is 8.49. The minimum Gasteiger partial charge on any atom is -0.498 e.